The maximum Gasteiger partial charge on any atom is 0.236 e. The number of nitrogens with one attached hydrogen (secondary N) is 1. The molecule has 2 aromatic heterocycles. The Hall–Kier alpha value is -2.17. The summed E-state index contributed by atoms with van der Waals surface area (Å²) in [6.07, 6.45) is 2.57. The molecule has 0 saturated heterocycles. The second kappa shape index (κ2) is 10.4. The van der Waals surface area contributed by atoms with Crippen molar-refractivity contribution in [3.8, 4) is 0 Å². The lowest BCUT2D eigenvalue weighted by Gasteiger charge is -2.06. The van der Waals surface area contributed by atoms with Gasteiger partial charge in [0.15, 0.2) is 9.50 Å². The van der Waals surface area contributed by atoms with Crippen LogP contribution >= 0.6 is 34.9 Å². The molecule has 1 amide bonds. The van der Waals surface area contributed by atoms with Gasteiger partial charge in [0.05, 0.1) is 5.75 Å². The Labute approximate surface area is 176 Å². The molecular formula is C18H20N6OS3. The van der Waals surface area contributed by atoms with Crippen LogP contribution in [0.5, 0.6) is 0 Å². The highest BCUT2D eigenvalue weighted by Crippen LogP contribution is 2.28. The van der Waals surface area contributed by atoms with Gasteiger partial charge in [0, 0.05) is 18.7 Å². The van der Waals surface area contributed by atoms with E-state index in [1.807, 2.05) is 29.7 Å². The molecule has 2 heterocycles. The van der Waals surface area contributed by atoms with Crippen molar-refractivity contribution in [2.75, 3.05) is 11.1 Å². The summed E-state index contributed by atoms with van der Waals surface area (Å²) in [6.45, 7) is 6.40. The van der Waals surface area contributed by atoms with Gasteiger partial charge in [-0.2, -0.15) is 0 Å². The molecule has 0 fully saturated rings. The maximum atomic E-state index is 12.2. The predicted molar refractivity (Wildman–Crippen MR) is 115 cm³/mol. The number of hydrogen-bond donors (Lipinski definition) is 1. The van der Waals surface area contributed by atoms with Crippen molar-refractivity contribution in [1.82, 2.24) is 25.0 Å². The molecule has 3 aromatic rings. The van der Waals surface area contributed by atoms with Crippen LogP contribution in [0.2, 0.25) is 0 Å². The average molecular weight is 433 g/mol. The first-order chi connectivity index (χ1) is 13.7. The number of rotatable bonds is 10. The number of amides is 1. The fourth-order valence-electron chi connectivity index (χ4n) is 2.32. The second-order valence-corrected chi connectivity index (χ2v) is 8.78. The topological polar surface area (TPSA) is 85.6 Å². The number of thioether (sulfide) groups is 2. The van der Waals surface area contributed by atoms with Gasteiger partial charge in [-0.3, -0.25) is 10.1 Å². The fraction of sp³-hybridized carbons (Fsp3) is 0.278. The third kappa shape index (κ3) is 5.66. The standard InChI is InChI=1S/C18H20N6OS3/c1-3-10-24-14(4-2)20-22-17(24)26-12-15(25)19-16-21-23-18(28-16)27-11-13-8-6-5-7-9-13/h3,5-9H,1,4,10-12H2,2H3,(H,19,21,25). The molecule has 0 spiro atoms. The Bertz CT molecular complexity index is 925. The fourth-order valence-corrected chi connectivity index (χ4v) is 4.81. The summed E-state index contributed by atoms with van der Waals surface area (Å²) in [5.41, 5.74) is 1.22. The molecule has 0 saturated carbocycles. The van der Waals surface area contributed by atoms with Gasteiger partial charge >= 0.3 is 0 Å². The maximum absolute atomic E-state index is 12.2. The van der Waals surface area contributed by atoms with Crippen LogP contribution in [0.1, 0.15) is 18.3 Å². The lowest BCUT2D eigenvalue weighted by molar-refractivity contribution is -0.113. The summed E-state index contributed by atoms with van der Waals surface area (Å²) in [5.74, 6) is 1.78. The first-order valence-corrected chi connectivity index (χ1v) is 11.4. The molecule has 1 N–H and O–H groups in total. The lowest BCUT2D eigenvalue weighted by Crippen LogP contribution is -2.14. The molecule has 7 nitrogen and oxygen atoms in total. The normalized spacial score (nSPS) is 10.8. The Morgan fingerprint density at radius 3 is 2.79 bits per heavy atom. The Morgan fingerprint density at radius 1 is 1.21 bits per heavy atom. The molecule has 0 aliphatic rings. The van der Waals surface area contributed by atoms with Gasteiger partial charge in [-0.25, -0.2) is 0 Å². The van der Waals surface area contributed by atoms with Crippen molar-refractivity contribution in [1.29, 1.82) is 0 Å². The van der Waals surface area contributed by atoms with Gasteiger partial charge in [-0.1, -0.05) is 78.2 Å². The van der Waals surface area contributed by atoms with Crippen LogP contribution < -0.4 is 5.32 Å². The van der Waals surface area contributed by atoms with Crippen molar-refractivity contribution < 1.29 is 4.79 Å². The van der Waals surface area contributed by atoms with E-state index >= 15 is 0 Å². The van der Waals surface area contributed by atoms with E-state index in [9.17, 15) is 4.79 Å². The van der Waals surface area contributed by atoms with Gasteiger partial charge in [-0.15, -0.1) is 27.0 Å². The number of anilines is 1. The van der Waals surface area contributed by atoms with Crippen molar-refractivity contribution in [3.05, 3.63) is 54.4 Å². The summed E-state index contributed by atoms with van der Waals surface area (Å²) in [5, 5.41) is 20.5. The highest BCUT2D eigenvalue weighted by molar-refractivity contribution is 8.00. The lowest BCUT2D eigenvalue weighted by atomic mass is 10.2. The summed E-state index contributed by atoms with van der Waals surface area (Å²) >= 11 is 4.32. The quantitative estimate of drug-likeness (QED) is 0.295. The highest BCUT2D eigenvalue weighted by atomic mass is 32.2. The average Bonchev–Trinajstić information content (AvgIpc) is 3.32. The van der Waals surface area contributed by atoms with Gasteiger partial charge in [0.2, 0.25) is 11.0 Å². The molecule has 0 atom stereocenters. The number of aryl methyl sites for hydroxylation is 1. The first kappa shape index (κ1) is 20.6. The highest BCUT2D eigenvalue weighted by Gasteiger charge is 2.14. The zero-order chi connectivity index (χ0) is 19.8. The summed E-state index contributed by atoms with van der Waals surface area (Å²) < 4.78 is 2.79. The zero-order valence-corrected chi connectivity index (χ0v) is 17.8. The molecule has 28 heavy (non-hydrogen) atoms. The van der Waals surface area contributed by atoms with Crippen LogP contribution in [0.4, 0.5) is 5.13 Å². The molecular weight excluding hydrogens is 412 g/mol. The molecule has 146 valence electrons. The van der Waals surface area contributed by atoms with Crippen molar-refractivity contribution in [3.63, 3.8) is 0 Å². The molecule has 0 aliphatic heterocycles. The summed E-state index contributed by atoms with van der Waals surface area (Å²) in [4.78, 5) is 12.2. The van der Waals surface area contributed by atoms with Gasteiger partial charge in [-0.05, 0) is 5.56 Å². The van der Waals surface area contributed by atoms with Crippen LogP contribution in [0.15, 0.2) is 52.5 Å². The number of hydrogen-bond acceptors (Lipinski definition) is 8. The van der Waals surface area contributed by atoms with Crippen molar-refractivity contribution in [2.24, 2.45) is 0 Å². The number of allylic oxidation sites excluding steroid dienone is 1. The van der Waals surface area contributed by atoms with Crippen LogP contribution in [0.3, 0.4) is 0 Å². The molecule has 0 unspecified atom stereocenters. The van der Waals surface area contributed by atoms with E-state index in [0.29, 0.717) is 16.8 Å². The zero-order valence-electron chi connectivity index (χ0n) is 15.4. The van der Waals surface area contributed by atoms with Crippen molar-refractivity contribution in [2.45, 2.75) is 35.1 Å². The number of carbonyl (C=O) groups excluding carboxylic acids is 1. The Kier molecular flexibility index (Phi) is 7.63. The number of benzene rings is 1. The van der Waals surface area contributed by atoms with Gasteiger partial charge in [0.1, 0.15) is 5.82 Å². The Balaban J connectivity index is 1.50. The van der Waals surface area contributed by atoms with Gasteiger partial charge < -0.3 is 4.57 Å². The number of carbonyl (C=O) groups is 1. The largest absolute Gasteiger partial charge is 0.302 e. The smallest absolute Gasteiger partial charge is 0.236 e. The number of nitrogens with zero attached hydrogens (tertiary/aromatic N) is 5. The molecule has 1 aromatic carbocycles. The third-order valence-electron chi connectivity index (χ3n) is 3.61. The van der Waals surface area contributed by atoms with E-state index in [1.165, 1.54) is 28.7 Å². The van der Waals surface area contributed by atoms with E-state index in [0.717, 1.165) is 22.3 Å². The van der Waals surface area contributed by atoms with E-state index in [-0.39, 0.29) is 11.7 Å². The monoisotopic (exact) mass is 432 g/mol. The SMILES string of the molecule is C=CCn1c(CC)nnc1SCC(=O)Nc1nnc(SCc2ccccc2)s1. The van der Waals surface area contributed by atoms with Gasteiger partial charge in [0.25, 0.3) is 0 Å². The van der Waals surface area contributed by atoms with Crippen LogP contribution in [0, 0.1) is 0 Å². The summed E-state index contributed by atoms with van der Waals surface area (Å²) in [7, 11) is 0. The van der Waals surface area contributed by atoms with E-state index in [4.69, 9.17) is 0 Å². The van der Waals surface area contributed by atoms with E-state index in [1.54, 1.807) is 17.8 Å². The molecule has 0 bridgehead atoms. The van der Waals surface area contributed by atoms with E-state index < -0.39 is 0 Å². The van der Waals surface area contributed by atoms with Crippen LogP contribution in [-0.2, 0) is 23.5 Å². The number of aromatic nitrogens is 5. The molecule has 0 aliphatic carbocycles. The first-order valence-electron chi connectivity index (χ1n) is 8.65. The Morgan fingerprint density at radius 2 is 2.04 bits per heavy atom. The minimum Gasteiger partial charge on any atom is -0.302 e. The summed E-state index contributed by atoms with van der Waals surface area (Å²) in [6, 6.07) is 10.2. The minimum absolute atomic E-state index is 0.146. The van der Waals surface area contributed by atoms with Crippen molar-refractivity contribution >= 4 is 45.9 Å². The predicted octanol–water partition coefficient (Wildman–Crippen LogP) is 3.90. The van der Waals surface area contributed by atoms with Crippen LogP contribution in [0.25, 0.3) is 0 Å². The van der Waals surface area contributed by atoms with Crippen LogP contribution in [-0.4, -0.2) is 36.6 Å². The minimum atomic E-state index is -0.146. The second-order valence-electron chi connectivity index (χ2n) is 5.64. The molecule has 10 heteroatoms. The van der Waals surface area contributed by atoms with E-state index in [2.05, 4.69) is 44.4 Å². The molecule has 0 radical (unpaired) electrons. The molecule has 3 rings (SSSR count). The third-order valence-corrected chi connectivity index (χ3v) is 6.62.